The molecule has 0 spiro atoms. The maximum Gasteiger partial charge on any atom is 0.113 e. The quantitative estimate of drug-likeness (QED) is 0.847. The number of para-hydroxylation sites is 1. The Kier molecular flexibility index (Phi) is 3.22. The number of hydrogen-bond acceptors (Lipinski definition) is 4. The fraction of sp³-hybridized carbons (Fsp3) is 0.0556. The predicted octanol–water partition coefficient (Wildman–Crippen LogP) is 4.06. The van der Waals surface area contributed by atoms with Gasteiger partial charge in [0.2, 0.25) is 0 Å². The van der Waals surface area contributed by atoms with Gasteiger partial charge >= 0.3 is 0 Å². The van der Waals surface area contributed by atoms with Gasteiger partial charge < -0.3 is 0 Å². The molecule has 1 unspecified atom stereocenters. The van der Waals surface area contributed by atoms with Crippen molar-refractivity contribution in [2.75, 3.05) is 5.01 Å². The molecular formula is C18H14ClN3O. The van der Waals surface area contributed by atoms with E-state index in [0.717, 1.165) is 22.2 Å². The number of allylic oxidation sites excluding steroid dienone is 3. The molecule has 4 rings (SSSR count). The van der Waals surface area contributed by atoms with E-state index in [-0.39, 0.29) is 0 Å². The van der Waals surface area contributed by atoms with Crippen LogP contribution >= 0.6 is 11.6 Å². The summed E-state index contributed by atoms with van der Waals surface area (Å²) in [5.41, 5.74) is 3.19. The van der Waals surface area contributed by atoms with E-state index in [1.165, 1.54) is 0 Å². The van der Waals surface area contributed by atoms with Crippen LogP contribution in [0.5, 0.6) is 0 Å². The van der Waals surface area contributed by atoms with Crippen LogP contribution in [0.4, 0.5) is 5.69 Å². The summed E-state index contributed by atoms with van der Waals surface area (Å²) < 4.78 is 0. The van der Waals surface area contributed by atoms with Gasteiger partial charge in [-0.2, -0.15) is 0 Å². The molecule has 0 radical (unpaired) electrons. The van der Waals surface area contributed by atoms with Gasteiger partial charge in [0.1, 0.15) is 10.6 Å². The molecule has 1 aliphatic carbocycles. The van der Waals surface area contributed by atoms with Gasteiger partial charge in [0.15, 0.2) is 0 Å². The van der Waals surface area contributed by atoms with Crippen LogP contribution < -0.4 is 5.01 Å². The minimum atomic E-state index is -0.770. The summed E-state index contributed by atoms with van der Waals surface area (Å²) in [7, 11) is 0. The molecule has 23 heavy (non-hydrogen) atoms. The first kappa shape index (κ1) is 14.1. The molecule has 1 N–H and O–H groups in total. The molecule has 2 aromatic rings. The third-order valence-electron chi connectivity index (χ3n) is 3.91. The Bertz CT molecular complexity index is 817. The Morgan fingerprint density at radius 3 is 2.30 bits per heavy atom. The maximum absolute atomic E-state index is 10.2. The van der Waals surface area contributed by atoms with Crippen LogP contribution in [0.25, 0.3) is 0 Å². The minimum absolute atomic E-state index is 0.670. The molecule has 0 fully saturated rings. The highest BCUT2D eigenvalue weighted by atomic mass is 35.5. The summed E-state index contributed by atoms with van der Waals surface area (Å²) in [4.78, 5) is -0.770. The smallest absolute Gasteiger partial charge is 0.113 e. The van der Waals surface area contributed by atoms with Gasteiger partial charge in [-0.25, -0.2) is 5.01 Å². The van der Waals surface area contributed by atoms with Gasteiger partial charge in [-0.1, -0.05) is 59.9 Å². The lowest BCUT2D eigenvalue weighted by Gasteiger charge is -2.29. The SMILES string of the molecule is ON1N=C2C=CC(Cl)(c3ccccc3)C=C2N1c1ccccc1. The summed E-state index contributed by atoms with van der Waals surface area (Å²) in [6, 6.07) is 19.4. The molecule has 1 aliphatic heterocycles. The molecule has 1 atom stereocenters. The lowest BCUT2D eigenvalue weighted by atomic mass is 9.91. The normalized spacial score (nSPS) is 22.7. The summed E-state index contributed by atoms with van der Waals surface area (Å²) in [6.07, 6.45) is 5.63. The zero-order valence-electron chi connectivity index (χ0n) is 12.2. The lowest BCUT2D eigenvalue weighted by molar-refractivity contribution is -0.0867. The molecule has 0 aromatic heterocycles. The molecule has 2 aliphatic rings. The topological polar surface area (TPSA) is 39.1 Å². The van der Waals surface area contributed by atoms with Crippen LogP contribution in [0.3, 0.4) is 0 Å². The van der Waals surface area contributed by atoms with Gasteiger partial charge in [0.25, 0.3) is 0 Å². The number of hydrogen-bond donors (Lipinski definition) is 1. The maximum atomic E-state index is 10.2. The summed E-state index contributed by atoms with van der Waals surface area (Å²) in [5.74, 6) is 0. The summed E-state index contributed by atoms with van der Waals surface area (Å²) in [5, 5.41) is 16.8. The third-order valence-corrected chi connectivity index (χ3v) is 4.37. The van der Waals surface area contributed by atoms with Crippen LogP contribution in [-0.4, -0.2) is 16.2 Å². The number of alkyl halides is 1. The monoisotopic (exact) mass is 323 g/mol. The van der Waals surface area contributed by atoms with Crippen LogP contribution in [0, 0.1) is 0 Å². The van der Waals surface area contributed by atoms with Gasteiger partial charge in [0.05, 0.1) is 11.4 Å². The van der Waals surface area contributed by atoms with Crippen molar-refractivity contribution in [1.82, 2.24) is 5.28 Å². The molecule has 2 aromatic carbocycles. The average molecular weight is 324 g/mol. The van der Waals surface area contributed by atoms with Crippen molar-refractivity contribution in [3.8, 4) is 0 Å². The number of hydrazone groups is 1. The number of rotatable bonds is 2. The molecule has 1 heterocycles. The second kappa shape index (κ2) is 5.26. The molecule has 4 nitrogen and oxygen atoms in total. The molecule has 5 heteroatoms. The van der Waals surface area contributed by atoms with E-state index >= 15 is 0 Å². The second-order valence-corrected chi connectivity index (χ2v) is 6.02. The Hall–Kier alpha value is -2.56. The van der Waals surface area contributed by atoms with Crippen molar-refractivity contribution < 1.29 is 5.21 Å². The second-order valence-electron chi connectivity index (χ2n) is 5.40. The van der Waals surface area contributed by atoms with Crippen molar-refractivity contribution >= 4 is 23.0 Å². The largest absolute Gasteiger partial charge is 0.252 e. The van der Waals surface area contributed by atoms with Gasteiger partial charge in [-0.05, 0) is 29.8 Å². The minimum Gasteiger partial charge on any atom is -0.252 e. The number of fused-ring (bicyclic) bond motifs is 1. The highest BCUT2D eigenvalue weighted by Gasteiger charge is 2.36. The van der Waals surface area contributed by atoms with Gasteiger partial charge in [-0.3, -0.25) is 5.21 Å². The zero-order valence-corrected chi connectivity index (χ0v) is 12.9. The molecule has 0 saturated heterocycles. The number of hydrazine groups is 1. The van der Waals surface area contributed by atoms with Crippen LogP contribution in [0.2, 0.25) is 0 Å². The van der Waals surface area contributed by atoms with Crippen molar-refractivity contribution in [3.63, 3.8) is 0 Å². The van der Waals surface area contributed by atoms with Crippen LogP contribution in [0.1, 0.15) is 5.56 Å². The third kappa shape index (κ3) is 2.32. The number of nitrogens with zero attached hydrogens (tertiary/aromatic N) is 3. The van der Waals surface area contributed by atoms with E-state index in [4.69, 9.17) is 11.6 Å². The first-order valence-electron chi connectivity index (χ1n) is 7.27. The standard InChI is InChI=1S/C18H14ClN3O/c19-18(14-7-3-1-4-8-14)12-11-16-17(13-18)21(22(23)20-16)15-9-5-2-6-10-15/h1-13,23H. The van der Waals surface area contributed by atoms with Crippen molar-refractivity contribution in [3.05, 3.63) is 90.2 Å². The number of halogens is 1. The molecule has 114 valence electrons. The van der Waals surface area contributed by atoms with Gasteiger partial charge in [0, 0.05) is 0 Å². The van der Waals surface area contributed by atoms with E-state index in [1.54, 1.807) is 5.01 Å². The Morgan fingerprint density at radius 2 is 1.61 bits per heavy atom. The van der Waals surface area contributed by atoms with E-state index in [2.05, 4.69) is 5.10 Å². The highest BCUT2D eigenvalue weighted by molar-refractivity contribution is 6.29. The summed E-state index contributed by atoms with van der Waals surface area (Å²) >= 11 is 6.82. The van der Waals surface area contributed by atoms with E-state index in [0.29, 0.717) is 5.71 Å². The fourth-order valence-corrected chi connectivity index (χ4v) is 3.08. The zero-order chi connectivity index (χ0) is 15.9. The van der Waals surface area contributed by atoms with E-state index in [1.807, 2.05) is 78.9 Å². The summed E-state index contributed by atoms with van der Waals surface area (Å²) in [6.45, 7) is 0. The van der Waals surface area contributed by atoms with Crippen molar-refractivity contribution in [1.29, 1.82) is 0 Å². The molecule has 0 saturated carbocycles. The Labute approximate surface area is 139 Å². The average Bonchev–Trinajstić information content (AvgIpc) is 2.91. The van der Waals surface area contributed by atoms with Gasteiger partial charge in [-0.15, -0.1) is 16.7 Å². The highest BCUT2D eigenvalue weighted by Crippen LogP contribution is 2.40. The van der Waals surface area contributed by atoms with E-state index < -0.39 is 4.87 Å². The molecular weight excluding hydrogens is 310 g/mol. The first-order valence-corrected chi connectivity index (χ1v) is 7.65. The Morgan fingerprint density at radius 1 is 0.957 bits per heavy atom. The lowest BCUT2D eigenvalue weighted by Crippen LogP contribution is -2.33. The Balaban J connectivity index is 1.80. The van der Waals surface area contributed by atoms with Crippen molar-refractivity contribution in [2.45, 2.75) is 4.87 Å². The van der Waals surface area contributed by atoms with E-state index in [9.17, 15) is 5.21 Å². The number of anilines is 1. The first-order chi connectivity index (χ1) is 11.2. The van der Waals surface area contributed by atoms with Crippen molar-refractivity contribution in [2.24, 2.45) is 5.10 Å². The van der Waals surface area contributed by atoms with Crippen LogP contribution in [-0.2, 0) is 4.87 Å². The fourth-order valence-electron chi connectivity index (χ4n) is 2.78. The van der Waals surface area contributed by atoms with Crippen LogP contribution in [0.15, 0.2) is 89.7 Å². The predicted molar refractivity (Wildman–Crippen MR) is 91.2 cm³/mol. The number of benzene rings is 2. The molecule has 0 amide bonds. The molecule has 0 bridgehead atoms.